The fourth-order valence-electron chi connectivity index (χ4n) is 1.34. The van der Waals surface area contributed by atoms with Crippen LogP contribution in [0.4, 0.5) is 11.4 Å². The van der Waals surface area contributed by atoms with Crippen LogP contribution in [-0.2, 0) is 4.79 Å². The summed E-state index contributed by atoms with van der Waals surface area (Å²) in [6.45, 7) is 0.720. The van der Waals surface area contributed by atoms with Gasteiger partial charge >= 0.3 is 0 Å². The predicted molar refractivity (Wildman–Crippen MR) is 69.2 cm³/mol. The van der Waals surface area contributed by atoms with Crippen LogP contribution in [0.1, 0.15) is 6.42 Å². The van der Waals surface area contributed by atoms with Crippen molar-refractivity contribution in [3.05, 3.63) is 18.2 Å². The predicted octanol–water partition coefficient (Wildman–Crippen LogP) is 1.17. The zero-order valence-electron chi connectivity index (χ0n) is 10.5. The molecule has 0 aliphatic heterocycles. The van der Waals surface area contributed by atoms with E-state index in [1.54, 1.807) is 25.3 Å². The van der Waals surface area contributed by atoms with Gasteiger partial charge in [-0.3, -0.25) is 4.79 Å². The van der Waals surface area contributed by atoms with Gasteiger partial charge in [0, 0.05) is 24.7 Å². The van der Waals surface area contributed by atoms with Crippen molar-refractivity contribution in [3.8, 4) is 5.75 Å². The Labute approximate surface area is 102 Å². The second kappa shape index (κ2) is 6.10. The molecule has 5 heteroatoms. The number of hydrogen-bond acceptors (Lipinski definition) is 4. The van der Waals surface area contributed by atoms with Crippen molar-refractivity contribution < 1.29 is 9.53 Å². The first-order chi connectivity index (χ1) is 8.02. The first-order valence-corrected chi connectivity index (χ1v) is 5.41. The number of ether oxygens (including phenoxy) is 1. The lowest BCUT2D eigenvalue weighted by molar-refractivity contribution is -0.116. The van der Waals surface area contributed by atoms with Gasteiger partial charge in [-0.2, -0.15) is 0 Å². The summed E-state index contributed by atoms with van der Waals surface area (Å²) in [6, 6.07) is 5.18. The van der Waals surface area contributed by atoms with Gasteiger partial charge in [0.1, 0.15) is 5.75 Å². The third-order valence-electron chi connectivity index (χ3n) is 2.30. The third kappa shape index (κ3) is 4.32. The number of rotatable bonds is 5. The number of nitrogens with zero attached hydrogens (tertiary/aromatic N) is 1. The molecule has 1 aromatic rings. The maximum absolute atomic E-state index is 11.6. The summed E-state index contributed by atoms with van der Waals surface area (Å²) < 4.78 is 5.08. The van der Waals surface area contributed by atoms with Crippen molar-refractivity contribution in [1.29, 1.82) is 0 Å². The summed E-state index contributed by atoms with van der Waals surface area (Å²) >= 11 is 0. The molecule has 5 nitrogen and oxygen atoms in total. The minimum atomic E-state index is -0.0227. The number of nitrogen functional groups attached to an aromatic ring is 1. The van der Waals surface area contributed by atoms with Gasteiger partial charge in [0.05, 0.1) is 12.8 Å². The molecule has 0 radical (unpaired) electrons. The number of benzene rings is 1. The second-order valence-electron chi connectivity index (χ2n) is 4.06. The molecule has 17 heavy (non-hydrogen) atoms. The van der Waals surface area contributed by atoms with E-state index in [2.05, 4.69) is 5.32 Å². The summed E-state index contributed by atoms with van der Waals surface area (Å²) in [5, 5.41) is 2.80. The van der Waals surface area contributed by atoms with E-state index >= 15 is 0 Å². The molecule has 0 heterocycles. The molecular weight excluding hydrogens is 218 g/mol. The highest BCUT2D eigenvalue weighted by molar-refractivity contribution is 5.91. The molecular formula is C12H19N3O2. The molecule has 1 amide bonds. The molecule has 0 aliphatic rings. The van der Waals surface area contributed by atoms with Crippen LogP contribution in [0.5, 0.6) is 5.75 Å². The summed E-state index contributed by atoms with van der Waals surface area (Å²) in [6.07, 6.45) is 0.458. The lowest BCUT2D eigenvalue weighted by Gasteiger charge is -2.11. The molecule has 0 bridgehead atoms. The Morgan fingerprint density at radius 1 is 1.47 bits per heavy atom. The van der Waals surface area contributed by atoms with Crippen LogP contribution in [0.15, 0.2) is 18.2 Å². The zero-order chi connectivity index (χ0) is 12.8. The van der Waals surface area contributed by atoms with Gasteiger partial charge in [0.2, 0.25) is 5.91 Å². The van der Waals surface area contributed by atoms with Crippen LogP contribution in [0.25, 0.3) is 0 Å². The SMILES string of the molecule is COc1cc(NC(=O)CCN(C)C)ccc1N. The van der Waals surface area contributed by atoms with E-state index < -0.39 is 0 Å². The molecule has 0 saturated heterocycles. The summed E-state index contributed by atoms with van der Waals surface area (Å²) in [5.74, 6) is 0.543. The highest BCUT2D eigenvalue weighted by atomic mass is 16.5. The second-order valence-corrected chi connectivity index (χ2v) is 4.06. The lowest BCUT2D eigenvalue weighted by Crippen LogP contribution is -2.20. The maximum Gasteiger partial charge on any atom is 0.225 e. The molecule has 0 fully saturated rings. The quantitative estimate of drug-likeness (QED) is 0.754. The van der Waals surface area contributed by atoms with Crippen molar-refractivity contribution >= 4 is 17.3 Å². The van der Waals surface area contributed by atoms with Crippen molar-refractivity contribution in [2.24, 2.45) is 0 Å². The molecule has 0 aliphatic carbocycles. The highest BCUT2D eigenvalue weighted by Gasteiger charge is 2.05. The Morgan fingerprint density at radius 3 is 2.76 bits per heavy atom. The average molecular weight is 237 g/mol. The first kappa shape index (κ1) is 13.3. The van der Waals surface area contributed by atoms with Crippen molar-refractivity contribution in [2.45, 2.75) is 6.42 Å². The van der Waals surface area contributed by atoms with Crippen molar-refractivity contribution in [1.82, 2.24) is 4.90 Å². The number of carbonyl (C=O) groups is 1. The molecule has 0 aromatic heterocycles. The van der Waals surface area contributed by atoms with E-state index in [0.29, 0.717) is 23.5 Å². The van der Waals surface area contributed by atoms with E-state index in [1.165, 1.54) is 0 Å². The van der Waals surface area contributed by atoms with E-state index in [9.17, 15) is 4.79 Å². The molecule has 0 unspecified atom stereocenters. The number of methoxy groups -OCH3 is 1. The Hall–Kier alpha value is -1.75. The number of amides is 1. The van der Waals surface area contributed by atoms with Crippen LogP contribution in [0, 0.1) is 0 Å². The van der Waals surface area contributed by atoms with Crippen LogP contribution < -0.4 is 15.8 Å². The van der Waals surface area contributed by atoms with Gasteiger partial charge in [-0.25, -0.2) is 0 Å². The molecule has 0 spiro atoms. The van der Waals surface area contributed by atoms with Crippen LogP contribution in [-0.4, -0.2) is 38.6 Å². The standard InChI is InChI=1S/C12H19N3O2/c1-15(2)7-6-12(16)14-9-4-5-10(13)11(8-9)17-3/h4-5,8H,6-7,13H2,1-3H3,(H,14,16). The number of anilines is 2. The van der Waals surface area contributed by atoms with E-state index in [-0.39, 0.29) is 5.91 Å². The van der Waals surface area contributed by atoms with Gasteiger partial charge < -0.3 is 20.7 Å². The monoisotopic (exact) mass is 237 g/mol. The van der Waals surface area contributed by atoms with Crippen LogP contribution in [0.3, 0.4) is 0 Å². The zero-order valence-corrected chi connectivity index (χ0v) is 10.5. The molecule has 3 N–H and O–H groups in total. The summed E-state index contributed by atoms with van der Waals surface area (Å²) in [5.41, 5.74) is 6.93. The summed E-state index contributed by atoms with van der Waals surface area (Å²) in [7, 11) is 5.41. The molecule has 0 atom stereocenters. The third-order valence-corrected chi connectivity index (χ3v) is 2.30. The normalized spacial score (nSPS) is 10.4. The Kier molecular flexibility index (Phi) is 4.78. The maximum atomic E-state index is 11.6. The fraction of sp³-hybridized carbons (Fsp3) is 0.417. The molecule has 0 saturated carbocycles. The topological polar surface area (TPSA) is 67.6 Å². The number of nitrogens with one attached hydrogen (secondary N) is 1. The minimum Gasteiger partial charge on any atom is -0.495 e. The van der Waals surface area contributed by atoms with Crippen molar-refractivity contribution in [2.75, 3.05) is 38.8 Å². The average Bonchev–Trinajstić information content (AvgIpc) is 2.29. The number of carbonyl (C=O) groups excluding carboxylic acids is 1. The van der Waals surface area contributed by atoms with Crippen LogP contribution in [0.2, 0.25) is 0 Å². The van der Waals surface area contributed by atoms with Gasteiger partial charge in [-0.1, -0.05) is 0 Å². The van der Waals surface area contributed by atoms with Gasteiger partial charge in [-0.05, 0) is 26.2 Å². The first-order valence-electron chi connectivity index (χ1n) is 5.41. The number of hydrogen-bond donors (Lipinski definition) is 2. The molecule has 94 valence electrons. The van der Waals surface area contributed by atoms with Gasteiger partial charge in [-0.15, -0.1) is 0 Å². The Bertz CT molecular complexity index is 391. The molecule has 1 rings (SSSR count). The van der Waals surface area contributed by atoms with E-state index in [1.807, 2.05) is 19.0 Å². The Morgan fingerprint density at radius 2 is 2.18 bits per heavy atom. The summed E-state index contributed by atoms with van der Waals surface area (Å²) in [4.78, 5) is 13.6. The highest BCUT2D eigenvalue weighted by Crippen LogP contribution is 2.24. The largest absolute Gasteiger partial charge is 0.495 e. The lowest BCUT2D eigenvalue weighted by atomic mass is 10.2. The van der Waals surface area contributed by atoms with Crippen molar-refractivity contribution in [3.63, 3.8) is 0 Å². The minimum absolute atomic E-state index is 0.0227. The van der Waals surface area contributed by atoms with E-state index in [4.69, 9.17) is 10.5 Å². The van der Waals surface area contributed by atoms with Gasteiger partial charge in [0.25, 0.3) is 0 Å². The number of nitrogens with two attached hydrogens (primary N) is 1. The Balaban J connectivity index is 2.59. The fourth-order valence-corrected chi connectivity index (χ4v) is 1.34. The van der Waals surface area contributed by atoms with E-state index in [0.717, 1.165) is 6.54 Å². The van der Waals surface area contributed by atoms with Gasteiger partial charge in [0.15, 0.2) is 0 Å². The van der Waals surface area contributed by atoms with Crippen LogP contribution >= 0.6 is 0 Å². The smallest absolute Gasteiger partial charge is 0.225 e. The molecule has 1 aromatic carbocycles.